The summed E-state index contributed by atoms with van der Waals surface area (Å²) in [5, 5.41) is 5.16. The molecule has 0 bridgehead atoms. The van der Waals surface area contributed by atoms with Crippen LogP contribution in [-0.4, -0.2) is 16.7 Å². The number of benzene rings is 2. The zero-order valence-electron chi connectivity index (χ0n) is 12.6. The fourth-order valence-corrected chi connectivity index (χ4v) is 2.69. The van der Waals surface area contributed by atoms with E-state index in [0.717, 1.165) is 27.7 Å². The predicted octanol–water partition coefficient (Wildman–Crippen LogP) is 3.32. The quantitative estimate of drug-likeness (QED) is 0.584. The number of rotatable bonds is 3. The van der Waals surface area contributed by atoms with Crippen molar-refractivity contribution in [1.29, 1.82) is 0 Å². The molecule has 1 amide bonds. The second kappa shape index (κ2) is 5.85. The van der Waals surface area contributed by atoms with Crippen LogP contribution in [0.1, 0.15) is 12.5 Å². The largest absolute Gasteiger partial charge is 0.343 e. The summed E-state index contributed by atoms with van der Waals surface area (Å²) in [5.74, 6) is -0.183. The average Bonchev–Trinajstić information content (AvgIpc) is 2.81. The Morgan fingerprint density at radius 2 is 1.77 bits per heavy atom. The Hall–Kier alpha value is -2.88. The molecule has 0 aliphatic rings. The van der Waals surface area contributed by atoms with E-state index in [1.807, 2.05) is 37.4 Å². The van der Waals surface area contributed by atoms with Crippen LogP contribution in [0.4, 0.5) is 0 Å². The normalized spacial score (nSPS) is 11.2. The summed E-state index contributed by atoms with van der Waals surface area (Å²) in [7, 11) is 2.04. The summed E-state index contributed by atoms with van der Waals surface area (Å²) >= 11 is 0. The number of nitrogens with one attached hydrogen (secondary N) is 1. The molecule has 110 valence electrons. The van der Waals surface area contributed by atoms with Crippen molar-refractivity contribution in [1.82, 2.24) is 9.99 Å². The molecule has 0 atom stereocenters. The maximum absolute atomic E-state index is 11.0. The Kier molecular flexibility index (Phi) is 3.74. The van der Waals surface area contributed by atoms with Gasteiger partial charge in [-0.25, -0.2) is 5.43 Å². The summed E-state index contributed by atoms with van der Waals surface area (Å²) < 4.78 is 2.15. The molecular formula is C18H17N3O. The molecule has 1 aromatic heterocycles. The first-order valence-electron chi connectivity index (χ1n) is 7.11. The minimum Gasteiger partial charge on any atom is -0.343 e. The molecule has 0 saturated carbocycles. The van der Waals surface area contributed by atoms with Crippen molar-refractivity contribution in [3.63, 3.8) is 0 Å². The molecule has 0 saturated heterocycles. The molecule has 0 aliphatic carbocycles. The van der Waals surface area contributed by atoms with Gasteiger partial charge in [-0.1, -0.05) is 48.5 Å². The Balaban J connectivity index is 2.23. The van der Waals surface area contributed by atoms with Crippen molar-refractivity contribution in [2.75, 3.05) is 0 Å². The molecule has 0 fully saturated rings. The lowest BCUT2D eigenvalue weighted by Crippen LogP contribution is -2.12. The first kappa shape index (κ1) is 14.1. The van der Waals surface area contributed by atoms with Crippen LogP contribution < -0.4 is 5.43 Å². The lowest BCUT2D eigenvalue weighted by atomic mass is 10.1. The highest BCUT2D eigenvalue weighted by atomic mass is 16.2. The molecule has 3 rings (SSSR count). The van der Waals surface area contributed by atoms with E-state index in [0.29, 0.717) is 0 Å². The number of hydrazone groups is 1. The van der Waals surface area contributed by atoms with E-state index in [9.17, 15) is 4.79 Å². The van der Waals surface area contributed by atoms with Crippen LogP contribution in [0.15, 0.2) is 59.7 Å². The van der Waals surface area contributed by atoms with E-state index in [4.69, 9.17) is 0 Å². The summed E-state index contributed by atoms with van der Waals surface area (Å²) in [5.41, 5.74) is 6.79. The van der Waals surface area contributed by atoms with Crippen LogP contribution in [0.5, 0.6) is 0 Å². The smallest absolute Gasteiger partial charge is 0.236 e. The zero-order valence-corrected chi connectivity index (χ0v) is 12.6. The summed E-state index contributed by atoms with van der Waals surface area (Å²) in [4.78, 5) is 11.0. The van der Waals surface area contributed by atoms with Gasteiger partial charge in [-0.3, -0.25) is 4.79 Å². The number of aryl methyl sites for hydroxylation is 1. The van der Waals surface area contributed by atoms with Crippen molar-refractivity contribution < 1.29 is 4.79 Å². The molecule has 2 aromatic carbocycles. The van der Waals surface area contributed by atoms with Gasteiger partial charge in [0, 0.05) is 30.4 Å². The number of aromatic nitrogens is 1. The van der Waals surface area contributed by atoms with Crippen LogP contribution in [0, 0.1) is 0 Å². The number of amides is 1. The number of hydrogen-bond donors (Lipinski definition) is 1. The molecule has 1 heterocycles. The fourth-order valence-electron chi connectivity index (χ4n) is 2.69. The topological polar surface area (TPSA) is 46.4 Å². The molecule has 22 heavy (non-hydrogen) atoms. The molecular weight excluding hydrogens is 274 g/mol. The number of carbonyl (C=O) groups excluding carboxylic acids is 1. The van der Waals surface area contributed by atoms with E-state index < -0.39 is 0 Å². The lowest BCUT2D eigenvalue weighted by Gasteiger charge is -2.06. The standard InChI is InChI=1S/C18H17N3O/c1-13(22)20-19-12-16-15-10-6-7-11-17(15)21(2)18(16)14-8-4-3-5-9-14/h3-12H,1-2H3,(H,20,22). The SMILES string of the molecule is CC(=O)NN=Cc1c(-c2ccccc2)n(C)c2ccccc12. The van der Waals surface area contributed by atoms with Gasteiger partial charge in [0.05, 0.1) is 11.9 Å². The monoisotopic (exact) mass is 291 g/mol. The molecule has 1 N–H and O–H groups in total. The Labute approximate surface area is 129 Å². The van der Waals surface area contributed by atoms with Crippen LogP contribution in [-0.2, 0) is 11.8 Å². The van der Waals surface area contributed by atoms with Crippen LogP contribution in [0.3, 0.4) is 0 Å². The van der Waals surface area contributed by atoms with Gasteiger partial charge in [-0.2, -0.15) is 5.10 Å². The second-order valence-electron chi connectivity index (χ2n) is 5.13. The van der Waals surface area contributed by atoms with Crippen molar-refractivity contribution in [2.45, 2.75) is 6.92 Å². The predicted molar refractivity (Wildman–Crippen MR) is 89.8 cm³/mol. The third-order valence-corrected chi connectivity index (χ3v) is 3.61. The first-order chi connectivity index (χ1) is 10.7. The van der Waals surface area contributed by atoms with E-state index in [1.54, 1.807) is 6.21 Å². The van der Waals surface area contributed by atoms with E-state index >= 15 is 0 Å². The minimum absolute atomic E-state index is 0.183. The van der Waals surface area contributed by atoms with Crippen LogP contribution in [0.25, 0.3) is 22.2 Å². The van der Waals surface area contributed by atoms with Gasteiger partial charge in [0.15, 0.2) is 0 Å². The number of fused-ring (bicyclic) bond motifs is 1. The zero-order chi connectivity index (χ0) is 15.5. The van der Waals surface area contributed by atoms with E-state index in [1.165, 1.54) is 6.92 Å². The van der Waals surface area contributed by atoms with Crippen molar-refractivity contribution >= 4 is 23.0 Å². The van der Waals surface area contributed by atoms with E-state index in [-0.39, 0.29) is 5.91 Å². The van der Waals surface area contributed by atoms with Crippen LogP contribution >= 0.6 is 0 Å². The van der Waals surface area contributed by atoms with E-state index in [2.05, 4.69) is 39.4 Å². The minimum atomic E-state index is -0.183. The number of nitrogens with zero attached hydrogens (tertiary/aromatic N) is 2. The van der Waals surface area contributed by atoms with Crippen LogP contribution in [0.2, 0.25) is 0 Å². The van der Waals surface area contributed by atoms with Crippen molar-refractivity contribution in [3.8, 4) is 11.3 Å². The fraction of sp³-hybridized carbons (Fsp3) is 0.111. The molecule has 3 aromatic rings. The van der Waals surface area contributed by atoms with Gasteiger partial charge < -0.3 is 4.57 Å². The lowest BCUT2D eigenvalue weighted by molar-refractivity contribution is -0.118. The molecule has 4 heteroatoms. The molecule has 0 aliphatic heterocycles. The van der Waals surface area contributed by atoms with Crippen molar-refractivity contribution in [3.05, 3.63) is 60.2 Å². The third-order valence-electron chi connectivity index (χ3n) is 3.61. The molecule has 0 unspecified atom stereocenters. The number of hydrogen-bond acceptors (Lipinski definition) is 2. The Bertz CT molecular complexity index is 847. The summed E-state index contributed by atoms with van der Waals surface area (Å²) in [6.07, 6.45) is 1.71. The number of para-hydroxylation sites is 1. The third kappa shape index (κ3) is 2.51. The van der Waals surface area contributed by atoms with Gasteiger partial charge >= 0.3 is 0 Å². The number of carbonyl (C=O) groups is 1. The molecule has 0 radical (unpaired) electrons. The highest BCUT2D eigenvalue weighted by Gasteiger charge is 2.14. The average molecular weight is 291 g/mol. The first-order valence-corrected chi connectivity index (χ1v) is 7.11. The maximum atomic E-state index is 11.0. The second-order valence-corrected chi connectivity index (χ2v) is 5.13. The highest BCUT2D eigenvalue weighted by molar-refractivity contribution is 6.06. The van der Waals surface area contributed by atoms with Gasteiger partial charge in [0.25, 0.3) is 0 Å². The van der Waals surface area contributed by atoms with Gasteiger partial charge in [-0.05, 0) is 11.6 Å². The summed E-state index contributed by atoms with van der Waals surface area (Å²) in [6, 6.07) is 18.3. The Morgan fingerprint density at radius 1 is 1.09 bits per heavy atom. The molecule has 0 spiro atoms. The van der Waals surface area contributed by atoms with Gasteiger partial charge in [-0.15, -0.1) is 0 Å². The van der Waals surface area contributed by atoms with Crippen molar-refractivity contribution in [2.24, 2.45) is 12.1 Å². The maximum Gasteiger partial charge on any atom is 0.236 e. The highest BCUT2D eigenvalue weighted by Crippen LogP contribution is 2.31. The summed E-state index contributed by atoms with van der Waals surface area (Å²) in [6.45, 7) is 1.44. The van der Waals surface area contributed by atoms with Gasteiger partial charge in [0.2, 0.25) is 5.91 Å². The Morgan fingerprint density at radius 3 is 2.50 bits per heavy atom. The van der Waals surface area contributed by atoms with Gasteiger partial charge in [0.1, 0.15) is 0 Å². The molecule has 4 nitrogen and oxygen atoms in total.